The summed E-state index contributed by atoms with van der Waals surface area (Å²) in [5, 5.41) is -0.233. The van der Waals surface area contributed by atoms with E-state index in [0.29, 0.717) is 12.3 Å². The highest BCUT2D eigenvalue weighted by Gasteiger charge is 2.32. The third-order valence-corrected chi connectivity index (χ3v) is 1.94. The van der Waals surface area contributed by atoms with Crippen LogP contribution in [0.2, 0.25) is 0 Å². The molecule has 0 saturated heterocycles. The molecular formula is C6H3F3NO2P. The van der Waals surface area contributed by atoms with Gasteiger partial charge in [0.25, 0.3) is 0 Å². The number of aromatic nitrogens is 1. The molecule has 7 heteroatoms. The molecular weight excluding hydrogens is 206 g/mol. The summed E-state index contributed by atoms with van der Waals surface area (Å²) in [6, 6.07) is 1.49. The van der Waals surface area contributed by atoms with E-state index in [-0.39, 0.29) is 5.30 Å². The van der Waals surface area contributed by atoms with Gasteiger partial charge in [0.05, 0.1) is 6.20 Å². The zero-order chi connectivity index (χ0) is 10.1. The second kappa shape index (κ2) is 3.40. The third kappa shape index (κ3) is 2.47. The van der Waals surface area contributed by atoms with Gasteiger partial charge in [-0.05, 0) is 12.1 Å². The highest BCUT2D eigenvalue weighted by molar-refractivity contribution is 7.45. The van der Waals surface area contributed by atoms with Crippen LogP contribution in [-0.4, -0.2) is 4.98 Å². The Bertz CT molecular complexity index is 322. The normalized spacial score (nSPS) is 12.8. The van der Waals surface area contributed by atoms with Crippen molar-refractivity contribution >= 4 is 13.3 Å². The van der Waals surface area contributed by atoms with Gasteiger partial charge in [0.1, 0.15) is 5.69 Å². The van der Waals surface area contributed by atoms with Gasteiger partial charge in [-0.25, -0.2) is 4.98 Å². The molecule has 0 bridgehead atoms. The van der Waals surface area contributed by atoms with Gasteiger partial charge in [0, 0.05) is 0 Å². The first-order valence-corrected chi connectivity index (χ1v) is 4.26. The molecule has 0 aliphatic carbocycles. The van der Waals surface area contributed by atoms with E-state index in [1.54, 1.807) is 0 Å². The number of halogens is 3. The molecule has 0 radical (unpaired) electrons. The Morgan fingerprint density at radius 3 is 2.31 bits per heavy atom. The Kier molecular flexibility index (Phi) is 2.63. The van der Waals surface area contributed by atoms with E-state index in [0.717, 1.165) is 6.07 Å². The fourth-order valence-electron chi connectivity index (χ4n) is 0.662. The fraction of sp³-hybridized carbons (Fsp3) is 0.167. The van der Waals surface area contributed by atoms with Crippen molar-refractivity contribution in [3.63, 3.8) is 0 Å². The van der Waals surface area contributed by atoms with Crippen molar-refractivity contribution in [2.75, 3.05) is 0 Å². The molecule has 13 heavy (non-hydrogen) atoms. The van der Waals surface area contributed by atoms with Crippen LogP contribution in [0.3, 0.4) is 0 Å². The molecule has 0 N–H and O–H groups in total. The van der Waals surface area contributed by atoms with E-state index >= 15 is 0 Å². The van der Waals surface area contributed by atoms with Crippen molar-refractivity contribution in [3.05, 3.63) is 24.0 Å². The molecule has 1 heterocycles. The lowest BCUT2D eigenvalue weighted by molar-refractivity contribution is -0.160. The highest BCUT2D eigenvalue weighted by atomic mass is 31.1. The van der Waals surface area contributed by atoms with Crippen LogP contribution in [0.4, 0.5) is 13.2 Å². The van der Waals surface area contributed by atoms with E-state index in [2.05, 4.69) is 4.98 Å². The van der Waals surface area contributed by atoms with E-state index < -0.39 is 19.9 Å². The number of hydrogen-bond acceptors (Lipinski definition) is 3. The highest BCUT2D eigenvalue weighted by Crippen LogP contribution is 2.26. The molecule has 0 spiro atoms. The Balaban J connectivity index is 3.01. The van der Waals surface area contributed by atoms with Crippen LogP contribution in [0.15, 0.2) is 18.3 Å². The Morgan fingerprint density at radius 1 is 1.38 bits per heavy atom. The van der Waals surface area contributed by atoms with E-state index in [9.17, 15) is 22.6 Å². The molecule has 0 aliphatic rings. The Labute approximate surface area is 72.1 Å². The van der Waals surface area contributed by atoms with Gasteiger partial charge in [-0.1, -0.05) is 4.57 Å². The first-order chi connectivity index (χ1) is 5.91. The Morgan fingerprint density at radius 2 is 2.00 bits per heavy atom. The molecule has 1 aromatic rings. The quantitative estimate of drug-likeness (QED) is 0.643. The molecule has 0 aromatic carbocycles. The van der Waals surface area contributed by atoms with Crippen molar-refractivity contribution < 1.29 is 22.6 Å². The third-order valence-electron chi connectivity index (χ3n) is 1.25. The SMILES string of the molecule is O=[P+]([O-])c1ccc(C(F)(F)F)nc1. The van der Waals surface area contributed by atoms with Gasteiger partial charge < -0.3 is 4.89 Å². The van der Waals surface area contributed by atoms with Crippen molar-refractivity contribution in [2.24, 2.45) is 0 Å². The summed E-state index contributed by atoms with van der Waals surface area (Å²) in [6.45, 7) is 0. The summed E-state index contributed by atoms with van der Waals surface area (Å²) in [5.74, 6) is 0. The van der Waals surface area contributed by atoms with Crippen molar-refractivity contribution in [1.29, 1.82) is 0 Å². The van der Waals surface area contributed by atoms with Crippen LogP contribution in [0.25, 0.3) is 0 Å². The van der Waals surface area contributed by atoms with Gasteiger partial charge >= 0.3 is 14.2 Å². The first-order valence-electron chi connectivity index (χ1n) is 3.09. The lowest BCUT2D eigenvalue weighted by Crippen LogP contribution is -2.12. The molecule has 0 saturated carbocycles. The molecule has 1 rings (SSSR count). The first kappa shape index (κ1) is 10.1. The molecule has 1 atom stereocenters. The summed E-state index contributed by atoms with van der Waals surface area (Å²) in [4.78, 5) is 13.2. The average molecular weight is 209 g/mol. The zero-order valence-electron chi connectivity index (χ0n) is 6.08. The predicted molar refractivity (Wildman–Crippen MR) is 36.5 cm³/mol. The average Bonchev–Trinajstić information content (AvgIpc) is 2.03. The van der Waals surface area contributed by atoms with Crippen LogP contribution in [0, 0.1) is 0 Å². The minimum atomic E-state index is -4.53. The van der Waals surface area contributed by atoms with Crippen LogP contribution < -0.4 is 10.2 Å². The molecule has 0 fully saturated rings. The fourth-order valence-corrected chi connectivity index (χ4v) is 1.01. The maximum Gasteiger partial charge on any atom is 0.433 e. The summed E-state index contributed by atoms with van der Waals surface area (Å²) < 4.78 is 46.0. The van der Waals surface area contributed by atoms with E-state index in [4.69, 9.17) is 0 Å². The summed E-state index contributed by atoms with van der Waals surface area (Å²) >= 11 is 0. The number of alkyl halides is 3. The molecule has 70 valence electrons. The number of rotatable bonds is 1. The number of pyridine rings is 1. The number of hydrogen-bond donors (Lipinski definition) is 0. The summed E-state index contributed by atoms with van der Waals surface area (Å²) in [6.07, 6.45) is -3.86. The molecule has 0 aliphatic heterocycles. The van der Waals surface area contributed by atoms with Crippen molar-refractivity contribution in [1.82, 2.24) is 4.98 Å². The minimum Gasteiger partial charge on any atom is -0.591 e. The monoisotopic (exact) mass is 209 g/mol. The minimum absolute atomic E-state index is 0.233. The van der Waals surface area contributed by atoms with Crippen LogP contribution in [0.1, 0.15) is 5.69 Å². The predicted octanol–water partition coefficient (Wildman–Crippen LogP) is 0.828. The van der Waals surface area contributed by atoms with Crippen molar-refractivity contribution in [3.8, 4) is 0 Å². The van der Waals surface area contributed by atoms with Gasteiger partial charge in [-0.2, -0.15) is 13.2 Å². The summed E-state index contributed by atoms with van der Waals surface area (Å²) in [5.41, 5.74) is -1.10. The largest absolute Gasteiger partial charge is 0.591 e. The molecule has 1 unspecified atom stereocenters. The van der Waals surface area contributed by atoms with Crippen LogP contribution in [0.5, 0.6) is 0 Å². The lowest BCUT2D eigenvalue weighted by atomic mass is 10.3. The second-order valence-electron chi connectivity index (χ2n) is 2.16. The smallest absolute Gasteiger partial charge is 0.433 e. The number of nitrogens with zero attached hydrogens (tertiary/aromatic N) is 1. The van der Waals surface area contributed by atoms with Crippen molar-refractivity contribution in [2.45, 2.75) is 6.18 Å². The van der Waals surface area contributed by atoms with Gasteiger partial charge in [-0.3, -0.25) is 0 Å². The Hall–Kier alpha value is -1.00. The maximum absolute atomic E-state index is 11.9. The standard InChI is InChI=1S/C6H3F3NO2P/c7-6(8,9)5-2-1-4(3-10-5)13(11)12/h1-3H. The van der Waals surface area contributed by atoms with Crippen LogP contribution in [-0.2, 0) is 10.7 Å². The second-order valence-corrected chi connectivity index (χ2v) is 3.19. The topological polar surface area (TPSA) is 53.0 Å². The van der Waals surface area contributed by atoms with Gasteiger partial charge in [0.2, 0.25) is 5.30 Å². The van der Waals surface area contributed by atoms with Crippen LogP contribution >= 0.6 is 8.03 Å². The lowest BCUT2D eigenvalue weighted by Gasteiger charge is -2.03. The maximum atomic E-state index is 11.9. The molecule has 0 amide bonds. The van der Waals surface area contributed by atoms with Gasteiger partial charge in [-0.15, -0.1) is 0 Å². The summed E-state index contributed by atoms with van der Waals surface area (Å²) in [7, 11) is -2.87. The molecule has 1 aromatic heterocycles. The van der Waals surface area contributed by atoms with E-state index in [1.165, 1.54) is 0 Å². The van der Waals surface area contributed by atoms with Gasteiger partial charge in [0.15, 0.2) is 0 Å². The molecule has 3 nitrogen and oxygen atoms in total. The zero-order valence-corrected chi connectivity index (χ0v) is 6.97. The van der Waals surface area contributed by atoms with E-state index in [1.807, 2.05) is 0 Å².